The fraction of sp³-hybridized carbons (Fsp3) is 0.393. The number of benzene rings is 2. The molecule has 1 unspecified atom stereocenters. The number of fused-ring (bicyclic) bond motifs is 1. The van der Waals surface area contributed by atoms with Crippen molar-refractivity contribution in [2.24, 2.45) is 11.7 Å². The lowest BCUT2D eigenvalue weighted by atomic mass is 9.98. The highest BCUT2D eigenvalue weighted by Gasteiger charge is 2.33. The van der Waals surface area contributed by atoms with Gasteiger partial charge in [0.2, 0.25) is 5.91 Å². The summed E-state index contributed by atoms with van der Waals surface area (Å²) in [6.45, 7) is 4.64. The van der Waals surface area contributed by atoms with Gasteiger partial charge in [-0.25, -0.2) is 5.48 Å². The van der Waals surface area contributed by atoms with Gasteiger partial charge in [0.1, 0.15) is 12.4 Å². The molecule has 1 aromatic heterocycles. The molecular weight excluding hydrogens is 470 g/mol. The van der Waals surface area contributed by atoms with Crippen LogP contribution in [0.4, 0.5) is 0 Å². The smallest absolute Gasteiger partial charge is 0.261 e. The summed E-state index contributed by atoms with van der Waals surface area (Å²) < 4.78 is 6.14. The van der Waals surface area contributed by atoms with E-state index < -0.39 is 17.9 Å². The third-order valence-corrected chi connectivity index (χ3v) is 6.87. The molecule has 37 heavy (non-hydrogen) atoms. The highest BCUT2D eigenvalue weighted by molar-refractivity contribution is 5.95. The lowest BCUT2D eigenvalue weighted by molar-refractivity contribution is -0.134. The molecule has 0 radical (unpaired) electrons. The molecule has 196 valence electrons. The minimum atomic E-state index is -0.641. The third-order valence-electron chi connectivity index (χ3n) is 6.87. The van der Waals surface area contributed by atoms with E-state index in [0.717, 1.165) is 48.2 Å². The number of primary amides is 1. The molecule has 4 N–H and O–H groups in total. The Hall–Kier alpha value is -3.53. The predicted octanol–water partition coefficient (Wildman–Crippen LogP) is 2.52. The fourth-order valence-electron chi connectivity index (χ4n) is 5.23. The van der Waals surface area contributed by atoms with E-state index in [1.54, 1.807) is 23.7 Å². The van der Waals surface area contributed by atoms with Crippen LogP contribution < -0.4 is 16.0 Å². The van der Waals surface area contributed by atoms with E-state index in [1.807, 2.05) is 51.4 Å². The van der Waals surface area contributed by atoms with E-state index in [9.17, 15) is 14.8 Å². The molecule has 0 aliphatic carbocycles. The Morgan fingerprint density at radius 2 is 2.00 bits per heavy atom. The van der Waals surface area contributed by atoms with Crippen molar-refractivity contribution in [2.45, 2.75) is 32.4 Å². The second-order valence-corrected chi connectivity index (χ2v) is 10.0. The molecule has 9 nitrogen and oxygen atoms in total. The van der Waals surface area contributed by atoms with Crippen molar-refractivity contribution in [3.05, 3.63) is 70.9 Å². The van der Waals surface area contributed by atoms with Crippen LogP contribution >= 0.6 is 0 Å². The van der Waals surface area contributed by atoms with Crippen LogP contribution in [0, 0.1) is 12.8 Å². The molecule has 0 spiro atoms. The van der Waals surface area contributed by atoms with Crippen molar-refractivity contribution < 1.29 is 19.5 Å². The maximum atomic E-state index is 12.7. The topological polar surface area (TPSA) is 121 Å². The number of carbonyl (C=O) groups excluding carboxylic acids is 2. The Labute approximate surface area is 217 Å². The Morgan fingerprint density at radius 3 is 2.73 bits per heavy atom. The highest BCUT2D eigenvalue weighted by atomic mass is 16.5. The highest BCUT2D eigenvalue weighted by Crippen LogP contribution is 2.26. The Balaban J connectivity index is 1.57. The number of nitrogens with two attached hydrogens (primary N) is 1. The Morgan fingerprint density at radius 1 is 1.22 bits per heavy atom. The summed E-state index contributed by atoms with van der Waals surface area (Å²) in [7, 11) is 4.06. The van der Waals surface area contributed by atoms with Gasteiger partial charge in [-0.2, -0.15) is 0 Å². The number of pyridine rings is 1. The van der Waals surface area contributed by atoms with Gasteiger partial charge in [-0.1, -0.05) is 18.2 Å². The van der Waals surface area contributed by atoms with Crippen molar-refractivity contribution in [2.75, 3.05) is 33.7 Å². The van der Waals surface area contributed by atoms with Gasteiger partial charge in [0.05, 0.1) is 11.6 Å². The predicted molar refractivity (Wildman–Crippen MR) is 141 cm³/mol. The molecule has 2 heterocycles. The van der Waals surface area contributed by atoms with E-state index >= 15 is 0 Å². The molecule has 0 bridgehead atoms. The van der Waals surface area contributed by atoms with Gasteiger partial charge in [-0.05, 0) is 82.2 Å². The van der Waals surface area contributed by atoms with Crippen LogP contribution in [0.2, 0.25) is 0 Å². The molecule has 4 rings (SSSR count). The first kappa shape index (κ1) is 26.5. The fourth-order valence-corrected chi connectivity index (χ4v) is 5.23. The minimum absolute atomic E-state index is 0.216. The van der Waals surface area contributed by atoms with Gasteiger partial charge >= 0.3 is 0 Å². The average Bonchev–Trinajstić information content (AvgIpc) is 3.32. The zero-order chi connectivity index (χ0) is 26.5. The number of amides is 2. The van der Waals surface area contributed by atoms with Crippen LogP contribution in [-0.2, 0) is 17.8 Å². The molecule has 1 aliphatic heterocycles. The first-order valence-electron chi connectivity index (χ1n) is 12.5. The number of para-hydroxylation sites is 1. The van der Waals surface area contributed by atoms with E-state index in [4.69, 9.17) is 10.5 Å². The summed E-state index contributed by atoms with van der Waals surface area (Å²) >= 11 is 0. The average molecular weight is 506 g/mol. The van der Waals surface area contributed by atoms with Crippen LogP contribution in [-0.4, -0.2) is 71.6 Å². The number of ether oxygens (including phenoxy) is 1. The largest absolute Gasteiger partial charge is 0.489 e. The van der Waals surface area contributed by atoms with Crippen molar-refractivity contribution in [3.8, 4) is 5.75 Å². The quantitative estimate of drug-likeness (QED) is 0.286. The Kier molecular flexibility index (Phi) is 8.38. The number of carbonyl (C=O) groups is 2. The van der Waals surface area contributed by atoms with Crippen molar-refractivity contribution in [3.63, 3.8) is 0 Å². The van der Waals surface area contributed by atoms with Gasteiger partial charge < -0.3 is 15.4 Å². The molecule has 1 saturated heterocycles. The van der Waals surface area contributed by atoms with E-state index in [2.05, 4.69) is 14.8 Å². The van der Waals surface area contributed by atoms with Crippen molar-refractivity contribution >= 4 is 22.7 Å². The van der Waals surface area contributed by atoms with Crippen LogP contribution in [0.15, 0.2) is 48.5 Å². The second-order valence-electron chi connectivity index (χ2n) is 10.0. The molecule has 1 aliphatic rings. The van der Waals surface area contributed by atoms with Gasteiger partial charge in [0.15, 0.2) is 0 Å². The maximum Gasteiger partial charge on any atom is 0.261 e. The SMILES string of the molecule is Cc1cc(COc2ccc(C(N)=O)c(C[C@@H](C(=O)NO)N3CCC(CN(C)C)C3)c2)c2ccccc2n1. The number of aromatic nitrogens is 1. The van der Waals surface area contributed by atoms with Gasteiger partial charge in [-0.3, -0.25) is 24.7 Å². The summed E-state index contributed by atoms with van der Waals surface area (Å²) in [6.07, 6.45) is 1.17. The summed E-state index contributed by atoms with van der Waals surface area (Å²) in [5.74, 6) is -0.0973. The van der Waals surface area contributed by atoms with Gasteiger partial charge in [-0.15, -0.1) is 0 Å². The first-order valence-corrected chi connectivity index (χ1v) is 12.5. The first-order chi connectivity index (χ1) is 17.7. The standard InChI is InChI=1S/C28H35N5O4/c1-18-12-21(23-6-4-5-7-25(23)30-18)17-37-22-8-9-24(27(29)34)20(13-22)14-26(28(35)31-36)33-11-10-19(16-33)15-32(2)3/h4-9,12-13,19,26,36H,10-11,14-17H2,1-3H3,(H2,29,34)(H,31,35)/t19?,26-/m0/s1. The number of nitrogens with one attached hydrogen (secondary N) is 1. The van der Waals surface area contributed by atoms with Crippen molar-refractivity contribution in [1.29, 1.82) is 0 Å². The normalized spacial score (nSPS) is 16.7. The molecule has 2 aromatic carbocycles. The number of likely N-dealkylation sites (tertiary alicyclic amines) is 1. The van der Waals surface area contributed by atoms with Crippen LogP contribution in [0.5, 0.6) is 5.75 Å². The summed E-state index contributed by atoms with van der Waals surface area (Å²) in [4.78, 5) is 33.7. The lowest BCUT2D eigenvalue weighted by Gasteiger charge is -2.27. The monoisotopic (exact) mass is 505 g/mol. The van der Waals surface area contributed by atoms with E-state index in [1.165, 1.54) is 0 Å². The number of hydroxylamine groups is 1. The molecule has 3 aromatic rings. The number of aryl methyl sites for hydroxylation is 1. The molecule has 9 heteroatoms. The van der Waals surface area contributed by atoms with Crippen LogP contribution in [0.1, 0.15) is 33.6 Å². The number of hydrogen-bond acceptors (Lipinski definition) is 7. The number of hydrogen-bond donors (Lipinski definition) is 3. The van der Waals surface area contributed by atoms with E-state index in [-0.39, 0.29) is 6.42 Å². The molecule has 1 fully saturated rings. The third kappa shape index (κ3) is 6.43. The summed E-state index contributed by atoms with van der Waals surface area (Å²) in [5, 5.41) is 10.5. The van der Waals surface area contributed by atoms with Crippen molar-refractivity contribution in [1.82, 2.24) is 20.3 Å². The molecular formula is C28H35N5O4. The lowest BCUT2D eigenvalue weighted by Crippen LogP contribution is -2.47. The van der Waals surface area contributed by atoms with Gasteiger partial charge in [0, 0.05) is 35.3 Å². The second kappa shape index (κ2) is 11.7. The van der Waals surface area contributed by atoms with Gasteiger partial charge in [0.25, 0.3) is 5.91 Å². The number of rotatable bonds is 10. The number of nitrogens with zero attached hydrogens (tertiary/aromatic N) is 3. The van der Waals surface area contributed by atoms with E-state index in [0.29, 0.717) is 29.4 Å². The van der Waals surface area contributed by atoms with Crippen LogP contribution in [0.3, 0.4) is 0 Å². The molecule has 2 amide bonds. The summed E-state index contributed by atoms with van der Waals surface area (Å²) in [5.41, 5.74) is 11.2. The Bertz CT molecular complexity index is 1280. The summed E-state index contributed by atoms with van der Waals surface area (Å²) in [6, 6.07) is 14.4. The maximum absolute atomic E-state index is 12.7. The zero-order valence-corrected chi connectivity index (χ0v) is 21.6. The minimum Gasteiger partial charge on any atom is -0.489 e. The molecule has 0 saturated carbocycles. The molecule has 2 atom stereocenters. The zero-order valence-electron chi connectivity index (χ0n) is 21.6. The van der Waals surface area contributed by atoms with Crippen LogP contribution in [0.25, 0.3) is 10.9 Å².